The van der Waals surface area contributed by atoms with Gasteiger partial charge in [0.1, 0.15) is 11.8 Å². The Kier molecular flexibility index (Phi) is 8.37. The molecule has 212 valence electrons. The van der Waals surface area contributed by atoms with Crippen molar-refractivity contribution in [3.63, 3.8) is 0 Å². The van der Waals surface area contributed by atoms with Gasteiger partial charge in [0.2, 0.25) is 5.91 Å². The maximum Gasteiger partial charge on any atom is 0.307 e. The Hall–Kier alpha value is -3.69. The van der Waals surface area contributed by atoms with Gasteiger partial charge in [-0.25, -0.2) is 5.10 Å². The largest absolute Gasteiger partial charge is 0.451 e. The highest BCUT2D eigenvalue weighted by Gasteiger charge is 2.45. The van der Waals surface area contributed by atoms with Gasteiger partial charge in [0.05, 0.1) is 23.4 Å². The number of nitrogens with one attached hydrogen (secondary N) is 2. The molecule has 1 aromatic heterocycles. The van der Waals surface area contributed by atoms with Crippen LogP contribution >= 0.6 is 11.6 Å². The highest BCUT2D eigenvalue weighted by atomic mass is 35.5. The Bertz CT molecular complexity index is 1470. The molecule has 2 heterocycles. The number of amides is 2. The lowest BCUT2D eigenvalue weighted by Crippen LogP contribution is -2.54. The first kappa shape index (κ1) is 29.3. The zero-order valence-electron chi connectivity index (χ0n) is 23.5. The Morgan fingerprint density at radius 2 is 1.82 bits per heavy atom. The molecule has 9 nitrogen and oxygen atoms in total. The van der Waals surface area contributed by atoms with Gasteiger partial charge in [0.15, 0.2) is 5.75 Å². The van der Waals surface area contributed by atoms with E-state index in [0.29, 0.717) is 46.0 Å². The number of halogens is 1. The average Bonchev–Trinajstić information content (AvgIpc) is 3.33. The van der Waals surface area contributed by atoms with Crippen molar-refractivity contribution in [2.45, 2.75) is 78.1 Å². The number of ether oxygens (including phenoxy) is 1. The zero-order valence-corrected chi connectivity index (χ0v) is 24.3. The van der Waals surface area contributed by atoms with E-state index in [1.165, 1.54) is 0 Å². The summed E-state index contributed by atoms with van der Waals surface area (Å²) in [4.78, 5) is 40.9. The van der Waals surface area contributed by atoms with Crippen molar-refractivity contribution in [2.75, 3.05) is 0 Å². The molecule has 2 amide bonds. The topological polar surface area (TPSA) is 125 Å². The number of likely N-dealkylation sites (tertiary alicyclic amines) is 1. The molecule has 0 aliphatic carbocycles. The van der Waals surface area contributed by atoms with Crippen LogP contribution in [0.15, 0.2) is 47.3 Å². The average molecular weight is 567 g/mol. The van der Waals surface area contributed by atoms with Crippen molar-refractivity contribution in [2.24, 2.45) is 0 Å². The SMILES string of the molecule is Cc1cc(Oc2c(C)cc(C(=O)NC(C)C(=O)N3[C@H](c4cccc(Cl)c4)CC[C@@H]3C(C)(C)O)cc2C)c(=O)[nH]n1. The molecule has 40 heavy (non-hydrogen) atoms. The van der Waals surface area contributed by atoms with Gasteiger partial charge in [0.25, 0.3) is 5.91 Å². The van der Waals surface area contributed by atoms with E-state index in [9.17, 15) is 19.5 Å². The lowest BCUT2D eigenvalue weighted by atomic mass is 9.96. The van der Waals surface area contributed by atoms with Gasteiger partial charge >= 0.3 is 5.56 Å². The van der Waals surface area contributed by atoms with Crippen LogP contribution in [0.2, 0.25) is 5.02 Å². The van der Waals surface area contributed by atoms with E-state index in [-0.39, 0.29) is 17.7 Å². The van der Waals surface area contributed by atoms with E-state index in [4.69, 9.17) is 16.3 Å². The Balaban J connectivity index is 1.55. The third kappa shape index (κ3) is 6.21. The number of benzene rings is 2. The fourth-order valence-corrected chi connectivity index (χ4v) is 5.53. The predicted molar refractivity (Wildman–Crippen MR) is 153 cm³/mol. The van der Waals surface area contributed by atoms with Gasteiger partial charge in [-0.3, -0.25) is 14.4 Å². The second kappa shape index (κ2) is 11.4. The summed E-state index contributed by atoms with van der Waals surface area (Å²) in [6.07, 6.45) is 1.29. The summed E-state index contributed by atoms with van der Waals surface area (Å²) >= 11 is 6.23. The van der Waals surface area contributed by atoms with E-state index < -0.39 is 29.2 Å². The number of rotatable bonds is 7. The molecule has 1 unspecified atom stereocenters. The summed E-state index contributed by atoms with van der Waals surface area (Å²) in [6, 6.07) is 10.7. The number of hydrogen-bond acceptors (Lipinski definition) is 6. The van der Waals surface area contributed by atoms with Crippen LogP contribution in [0, 0.1) is 20.8 Å². The molecular weight excluding hydrogens is 532 g/mol. The molecule has 1 aliphatic rings. The van der Waals surface area contributed by atoms with Crippen LogP contribution in [0.4, 0.5) is 0 Å². The summed E-state index contributed by atoms with van der Waals surface area (Å²) in [5.41, 5.74) is 1.56. The number of carbonyl (C=O) groups is 2. The van der Waals surface area contributed by atoms with Gasteiger partial charge in [-0.2, -0.15) is 5.10 Å². The van der Waals surface area contributed by atoms with E-state index in [1.54, 1.807) is 70.7 Å². The molecular formula is C30H35ClN4O5. The van der Waals surface area contributed by atoms with E-state index in [2.05, 4.69) is 15.5 Å². The quantitative estimate of drug-likeness (QED) is 0.379. The molecule has 3 aromatic rings. The van der Waals surface area contributed by atoms with Gasteiger partial charge < -0.3 is 20.1 Å². The Labute approximate surface area is 238 Å². The minimum atomic E-state index is -1.13. The van der Waals surface area contributed by atoms with Crippen LogP contribution in [0.25, 0.3) is 0 Å². The second-order valence-electron chi connectivity index (χ2n) is 11.0. The third-order valence-corrected chi connectivity index (χ3v) is 7.47. The number of aliphatic hydroxyl groups is 1. The molecule has 0 spiro atoms. The van der Waals surface area contributed by atoms with Crippen molar-refractivity contribution >= 4 is 23.4 Å². The zero-order chi connectivity index (χ0) is 29.4. The minimum Gasteiger partial charge on any atom is -0.451 e. The Morgan fingerprint density at radius 1 is 1.15 bits per heavy atom. The second-order valence-corrected chi connectivity index (χ2v) is 11.4. The fraction of sp³-hybridized carbons (Fsp3) is 0.400. The minimum absolute atomic E-state index is 0.108. The van der Waals surface area contributed by atoms with E-state index in [1.807, 2.05) is 18.2 Å². The number of carbonyl (C=O) groups excluding carboxylic acids is 2. The first-order chi connectivity index (χ1) is 18.8. The first-order valence-corrected chi connectivity index (χ1v) is 13.6. The van der Waals surface area contributed by atoms with Crippen molar-refractivity contribution in [1.82, 2.24) is 20.4 Å². The number of H-pyrrole nitrogens is 1. The van der Waals surface area contributed by atoms with Crippen LogP contribution < -0.4 is 15.6 Å². The van der Waals surface area contributed by atoms with Gasteiger partial charge in [0, 0.05) is 16.7 Å². The summed E-state index contributed by atoms with van der Waals surface area (Å²) in [5.74, 6) is -0.138. The number of aromatic nitrogens is 2. The lowest BCUT2D eigenvalue weighted by molar-refractivity contribution is -0.141. The summed E-state index contributed by atoms with van der Waals surface area (Å²) in [5, 5.41) is 20.5. The number of hydrogen-bond donors (Lipinski definition) is 3. The predicted octanol–water partition coefficient (Wildman–Crippen LogP) is 4.76. The van der Waals surface area contributed by atoms with Gasteiger partial charge in [-0.05, 0) is 95.3 Å². The van der Waals surface area contributed by atoms with Crippen molar-refractivity contribution in [3.05, 3.63) is 85.8 Å². The van der Waals surface area contributed by atoms with Crippen molar-refractivity contribution in [1.29, 1.82) is 0 Å². The van der Waals surface area contributed by atoms with Crippen LogP contribution in [-0.4, -0.2) is 49.7 Å². The molecule has 2 aromatic carbocycles. The molecule has 1 fully saturated rings. The maximum atomic E-state index is 13.8. The first-order valence-electron chi connectivity index (χ1n) is 13.2. The monoisotopic (exact) mass is 566 g/mol. The molecule has 3 atom stereocenters. The molecule has 3 N–H and O–H groups in total. The van der Waals surface area contributed by atoms with Crippen molar-refractivity contribution in [3.8, 4) is 11.5 Å². The summed E-state index contributed by atoms with van der Waals surface area (Å²) in [7, 11) is 0. The van der Waals surface area contributed by atoms with Crippen LogP contribution in [0.3, 0.4) is 0 Å². The number of aromatic amines is 1. The van der Waals surface area contributed by atoms with E-state index >= 15 is 0 Å². The lowest BCUT2D eigenvalue weighted by Gasteiger charge is -2.38. The summed E-state index contributed by atoms with van der Waals surface area (Å²) < 4.78 is 5.87. The van der Waals surface area contributed by atoms with Crippen LogP contribution in [-0.2, 0) is 4.79 Å². The summed E-state index contributed by atoms with van der Waals surface area (Å²) in [6.45, 7) is 10.3. The maximum absolute atomic E-state index is 13.8. The smallest absolute Gasteiger partial charge is 0.307 e. The van der Waals surface area contributed by atoms with E-state index in [0.717, 1.165) is 5.56 Å². The van der Waals surface area contributed by atoms with Crippen molar-refractivity contribution < 1.29 is 19.4 Å². The molecule has 1 saturated heterocycles. The molecule has 10 heteroatoms. The van der Waals surface area contributed by atoms with Crippen LogP contribution in [0.5, 0.6) is 11.5 Å². The molecule has 0 saturated carbocycles. The number of aryl methyl sites for hydroxylation is 3. The number of nitrogens with zero attached hydrogens (tertiary/aromatic N) is 2. The molecule has 0 radical (unpaired) electrons. The third-order valence-electron chi connectivity index (χ3n) is 7.24. The fourth-order valence-electron chi connectivity index (χ4n) is 5.33. The standard InChI is InChI=1S/C30H35ClN4O5/c1-16-12-21(13-17(2)26(16)40-24-14-18(3)33-34-28(24)37)27(36)32-19(4)29(38)35-23(10-11-25(35)30(5,6)39)20-8-7-9-22(31)15-20/h7-9,12-15,19,23,25,39H,10-11H2,1-6H3,(H,32,36)(H,34,37)/t19?,23-,25+/m0/s1. The molecule has 4 rings (SSSR count). The highest BCUT2D eigenvalue weighted by molar-refractivity contribution is 6.30. The molecule has 1 aliphatic heterocycles. The van der Waals surface area contributed by atoms with Gasteiger partial charge in [-0.1, -0.05) is 23.7 Å². The normalized spacial score (nSPS) is 17.9. The highest BCUT2D eigenvalue weighted by Crippen LogP contribution is 2.41. The Morgan fingerprint density at radius 3 is 2.45 bits per heavy atom. The van der Waals surface area contributed by atoms with Crippen LogP contribution in [0.1, 0.15) is 72.4 Å². The molecule has 0 bridgehead atoms. The van der Waals surface area contributed by atoms with Gasteiger partial charge in [-0.15, -0.1) is 0 Å².